The molecule has 2 heterocycles. The molecule has 0 unspecified atom stereocenters. The summed E-state index contributed by atoms with van der Waals surface area (Å²) in [5.74, 6) is 0.522. The molecule has 2 N–H and O–H groups in total. The quantitative estimate of drug-likeness (QED) is 0.133. The van der Waals surface area contributed by atoms with E-state index in [1.165, 1.54) is 84.9 Å². The second kappa shape index (κ2) is 12.8. The number of rotatable bonds is 5. The number of benzene rings is 7. The van der Waals surface area contributed by atoms with Gasteiger partial charge in [0, 0.05) is 29.6 Å². The van der Waals surface area contributed by atoms with Crippen molar-refractivity contribution in [3.63, 3.8) is 0 Å². The van der Waals surface area contributed by atoms with Gasteiger partial charge in [-0.25, -0.2) is 0 Å². The Balaban J connectivity index is 1.26. The highest BCUT2D eigenvalue weighted by Crippen LogP contribution is 2.48. The first-order valence-electron chi connectivity index (χ1n) is 17.1. The minimum atomic E-state index is -0.0517. The van der Waals surface area contributed by atoms with Gasteiger partial charge in [-0.1, -0.05) is 111 Å². The highest BCUT2D eigenvalue weighted by molar-refractivity contribution is 14.1. The molecule has 0 bridgehead atoms. The number of fused-ring (bicyclic) bond motifs is 4. The van der Waals surface area contributed by atoms with Gasteiger partial charge in [0.25, 0.3) is 0 Å². The topological polar surface area (TPSA) is 24.1 Å². The molecule has 0 saturated carbocycles. The Bertz CT molecular complexity index is 2280. The van der Waals surface area contributed by atoms with Crippen molar-refractivity contribution in [3.8, 4) is 66.8 Å². The normalized spacial score (nSPS) is 12.5. The van der Waals surface area contributed by atoms with Crippen molar-refractivity contribution >= 4 is 69.0 Å². The van der Waals surface area contributed by atoms with Crippen molar-refractivity contribution in [2.45, 2.75) is 19.8 Å². The van der Waals surface area contributed by atoms with Crippen LogP contribution in [-0.2, 0) is 0 Å². The highest BCUT2D eigenvalue weighted by Gasteiger charge is 2.38. The Kier molecular flexibility index (Phi) is 8.08. The zero-order valence-corrected chi connectivity index (χ0v) is 32.1. The Morgan fingerprint density at radius 3 is 1.28 bits per heavy atom. The first-order valence-corrected chi connectivity index (χ1v) is 19.3. The monoisotopic (exact) mass is 866 g/mol. The minimum Gasteiger partial charge on any atom is -0.405 e. The molecule has 0 aliphatic carbocycles. The lowest BCUT2D eigenvalue weighted by Crippen LogP contribution is -2.52. The predicted molar refractivity (Wildman–Crippen MR) is 231 cm³/mol. The van der Waals surface area contributed by atoms with Crippen molar-refractivity contribution in [2.24, 2.45) is 0 Å². The summed E-state index contributed by atoms with van der Waals surface area (Å²) in [5, 5.41) is 7.81. The van der Waals surface area contributed by atoms with Gasteiger partial charge in [0.1, 0.15) is 0 Å². The third kappa shape index (κ3) is 5.55. The van der Waals surface area contributed by atoms with E-state index in [4.69, 9.17) is 0 Å². The summed E-state index contributed by atoms with van der Waals surface area (Å²) in [5.41, 5.74) is 19.8. The zero-order valence-electron chi connectivity index (χ0n) is 27.8. The summed E-state index contributed by atoms with van der Waals surface area (Å²) in [7, 11) is 0. The SMILES string of the molecule is CC(C)c1ccc(-c2ccc(-c3cc4c5c(c3)-c3c(cccc3-c3ccc(I)cc3)NB5Nc3cccc(-c5ccc(I)cc5)c3-4)cc2)cc1. The number of nitrogens with one attached hydrogen (secondary N) is 2. The molecule has 7 aromatic carbocycles. The van der Waals surface area contributed by atoms with Gasteiger partial charge >= 0.3 is 6.98 Å². The van der Waals surface area contributed by atoms with Crippen molar-refractivity contribution in [3.05, 3.63) is 158 Å². The Hall–Kier alpha value is -4.34. The van der Waals surface area contributed by atoms with E-state index in [-0.39, 0.29) is 6.98 Å². The Morgan fingerprint density at radius 1 is 0.440 bits per heavy atom. The van der Waals surface area contributed by atoms with Gasteiger partial charge in [-0.3, -0.25) is 0 Å². The molecule has 50 heavy (non-hydrogen) atoms. The Labute approximate surface area is 321 Å². The summed E-state index contributed by atoms with van der Waals surface area (Å²) in [6, 6.07) is 54.1. The van der Waals surface area contributed by atoms with Crippen molar-refractivity contribution < 1.29 is 0 Å². The molecular formula is C45H33BI2N2. The van der Waals surface area contributed by atoms with Crippen LogP contribution >= 0.6 is 45.2 Å². The van der Waals surface area contributed by atoms with E-state index in [0.29, 0.717) is 5.92 Å². The van der Waals surface area contributed by atoms with Crippen LogP contribution in [0.5, 0.6) is 0 Å². The van der Waals surface area contributed by atoms with E-state index >= 15 is 0 Å². The lowest BCUT2D eigenvalue weighted by molar-refractivity contribution is 0.867. The third-order valence-electron chi connectivity index (χ3n) is 10.2. The third-order valence-corrected chi connectivity index (χ3v) is 11.6. The summed E-state index contributed by atoms with van der Waals surface area (Å²) in [4.78, 5) is 0. The molecule has 9 rings (SSSR count). The molecule has 0 spiro atoms. The van der Waals surface area contributed by atoms with E-state index < -0.39 is 0 Å². The smallest absolute Gasteiger partial charge is 0.405 e. The molecule has 0 aromatic heterocycles. The maximum absolute atomic E-state index is 3.91. The van der Waals surface area contributed by atoms with Crippen molar-refractivity contribution in [2.75, 3.05) is 10.5 Å². The van der Waals surface area contributed by atoms with Crippen molar-refractivity contribution in [1.82, 2.24) is 0 Å². The Morgan fingerprint density at radius 2 is 0.840 bits per heavy atom. The van der Waals surface area contributed by atoms with Crippen LogP contribution in [0.4, 0.5) is 11.4 Å². The largest absolute Gasteiger partial charge is 0.407 e. The highest BCUT2D eigenvalue weighted by atomic mass is 127. The molecule has 0 atom stereocenters. The molecule has 0 fully saturated rings. The number of halogens is 2. The van der Waals surface area contributed by atoms with Gasteiger partial charge in [-0.2, -0.15) is 0 Å². The fourth-order valence-corrected chi connectivity index (χ4v) is 8.34. The van der Waals surface area contributed by atoms with Crippen LogP contribution in [0, 0.1) is 7.14 Å². The summed E-state index contributed by atoms with van der Waals surface area (Å²) >= 11 is 4.78. The predicted octanol–water partition coefficient (Wildman–Crippen LogP) is 12.6. The number of hydrogen-bond acceptors (Lipinski definition) is 2. The van der Waals surface area contributed by atoms with Crippen LogP contribution in [0.2, 0.25) is 0 Å². The average Bonchev–Trinajstić information content (AvgIpc) is 3.15. The minimum absolute atomic E-state index is 0.0517. The molecule has 0 amide bonds. The molecule has 5 heteroatoms. The maximum atomic E-state index is 3.91. The van der Waals surface area contributed by atoms with Gasteiger partial charge in [0.15, 0.2) is 0 Å². The van der Waals surface area contributed by atoms with Crippen molar-refractivity contribution in [1.29, 1.82) is 0 Å². The van der Waals surface area contributed by atoms with E-state index in [0.717, 1.165) is 11.4 Å². The van der Waals surface area contributed by atoms with Crippen LogP contribution in [0.3, 0.4) is 0 Å². The fraction of sp³-hybridized carbons (Fsp3) is 0.0667. The van der Waals surface area contributed by atoms with E-state index in [1.807, 2.05) is 0 Å². The lowest BCUT2D eigenvalue weighted by Gasteiger charge is -2.36. The number of hydrogen-bond donors (Lipinski definition) is 2. The molecule has 0 saturated heterocycles. The molecule has 0 radical (unpaired) electrons. The molecule has 2 nitrogen and oxygen atoms in total. The molecular weight excluding hydrogens is 833 g/mol. The summed E-state index contributed by atoms with van der Waals surface area (Å²) < 4.78 is 2.47. The zero-order chi connectivity index (χ0) is 33.9. The molecule has 2 aliphatic heterocycles. The van der Waals surface area contributed by atoms with Crippen LogP contribution in [0.25, 0.3) is 66.8 Å². The van der Waals surface area contributed by atoms with Gasteiger partial charge in [0.2, 0.25) is 0 Å². The molecule has 240 valence electrons. The van der Waals surface area contributed by atoms with Gasteiger partial charge in [-0.05, 0) is 166 Å². The lowest BCUT2D eigenvalue weighted by atomic mass is 9.56. The van der Waals surface area contributed by atoms with E-state index in [1.54, 1.807) is 0 Å². The first kappa shape index (κ1) is 31.6. The van der Waals surface area contributed by atoms with Gasteiger partial charge in [-0.15, -0.1) is 0 Å². The molecule has 7 aromatic rings. The van der Waals surface area contributed by atoms with Crippen LogP contribution in [0.1, 0.15) is 25.3 Å². The summed E-state index contributed by atoms with van der Waals surface area (Å²) in [6.45, 7) is 4.44. The second-order valence-electron chi connectivity index (χ2n) is 13.5. The van der Waals surface area contributed by atoms with E-state index in [2.05, 4.69) is 215 Å². The summed E-state index contributed by atoms with van der Waals surface area (Å²) in [6.07, 6.45) is 0. The fourth-order valence-electron chi connectivity index (χ4n) is 7.62. The van der Waals surface area contributed by atoms with Gasteiger partial charge < -0.3 is 10.5 Å². The molecule has 2 aliphatic rings. The van der Waals surface area contributed by atoms with Crippen LogP contribution in [-0.4, -0.2) is 6.98 Å². The average molecular weight is 866 g/mol. The number of anilines is 2. The van der Waals surface area contributed by atoms with E-state index in [9.17, 15) is 0 Å². The second-order valence-corrected chi connectivity index (χ2v) is 16.0. The maximum Gasteiger partial charge on any atom is 0.407 e. The van der Waals surface area contributed by atoms with Crippen LogP contribution in [0.15, 0.2) is 146 Å². The van der Waals surface area contributed by atoms with Crippen LogP contribution < -0.4 is 15.9 Å². The first-order chi connectivity index (χ1) is 24.4. The standard InChI is InChI=1S/C45H33BI2N2/c1-27(2)28-9-11-29(12-10-28)30-13-15-31(16-14-30)34-25-39-43-37(32-17-21-35(47)22-18-32)5-3-7-41(43)49-46-45(39)40(26-34)44-38(6-4-8-42(44)50-46)33-19-23-36(48)24-20-33/h3-27,49-50H,1-2H3. The van der Waals surface area contributed by atoms with Gasteiger partial charge in [0.05, 0.1) is 0 Å².